The molecule has 5 nitrogen and oxygen atoms in total. The van der Waals surface area contributed by atoms with Gasteiger partial charge in [0.25, 0.3) is 0 Å². The van der Waals surface area contributed by atoms with Crippen LogP contribution < -0.4 is 0 Å². The van der Waals surface area contributed by atoms with Gasteiger partial charge in [0, 0.05) is 26.3 Å². The van der Waals surface area contributed by atoms with E-state index < -0.39 is 10.0 Å². The molecule has 130 valence electrons. The third kappa shape index (κ3) is 3.97. The van der Waals surface area contributed by atoms with E-state index in [0.29, 0.717) is 18.8 Å². The molecule has 0 fully saturated rings. The van der Waals surface area contributed by atoms with Gasteiger partial charge in [-0.2, -0.15) is 9.40 Å². The van der Waals surface area contributed by atoms with E-state index in [9.17, 15) is 8.42 Å². The van der Waals surface area contributed by atoms with Gasteiger partial charge in [-0.1, -0.05) is 60.7 Å². The predicted molar refractivity (Wildman–Crippen MR) is 97.3 cm³/mol. The first kappa shape index (κ1) is 17.4. The summed E-state index contributed by atoms with van der Waals surface area (Å²) in [6.45, 7) is 2.34. The summed E-state index contributed by atoms with van der Waals surface area (Å²) in [5.41, 5.74) is 2.40. The van der Waals surface area contributed by atoms with Crippen molar-refractivity contribution in [1.29, 1.82) is 0 Å². The molecule has 1 heterocycles. The van der Waals surface area contributed by atoms with Gasteiger partial charge in [0.15, 0.2) is 0 Å². The maximum absolute atomic E-state index is 13.2. The second-order valence-electron chi connectivity index (χ2n) is 6.00. The van der Waals surface area contributed by atoms with Gasteiger partial charge in [-0.3, -0.25) is 4.68 Å². The van der Waals surface area contributed by atoms with E-state index >= 15 is 0 Å². The van der Waals surface area contributed by atoms with Gasteiger partial charge < -0.3 is 0 Å². The van der Waals surface area contributed by atoms with E-state index in [1.165, 1.54) is 8.99 Å². The first-order valence-corrected chi connectivity index (χ1v) is 9.49. The van der Waals surface area contributed by atoms with Crippen molar-refractivity contribution >= 4 is 10.0 Å². The van der Waals surface area contributed by atoms with Crippen LogP contribution in [0.15, 0.2) is 71.8 Å². The number of sulfonamides is 1. The molecule has 0 saturated heterocycles. The Labute approximate surface area is 148 Å². The maximum atomic E-state index is 13.2. The van der Waals surface area contributed by atoms with Gasteiger partial charge in [0.2, 0.25) is 10.0 Å². The van der Waals surface area contributed by atoms with Gasteiger partial charge in [-0.15, -0.1) is 0 Å². The summed E-state index contributed by atoms with van der Waals surface area (Å²) in [5.74, 6) is 0. The van der Waals surface area contributed by atoms with Crippen molar-refractivity contribution in [2.24, 2.45) is 7.05 Å². The molecule has 0 saturated carbocycles. The van der Waals surface area contributed by atoms with Crippen molar-refractivity contribution in [3.63, 3.8) is 0 Å². The van der Waals surface area contributed by atoms with Crippen LogP contribution in [-0.4, -0.2) is 22.5 Å². The zero-order chi connectivity index (χ0) is 17.9. The SMILES string of the molecule is Cc1nn(C)cc1S(=O)(=O)N(Cc1ccccc1)Cc1ccccc1. The number of aromatic nitrogens is 2. The summed E-state index contributed by atoms with van der Waals surface area (Å²) in [5, 5.41) is 4.18. The number of aryl methyl sites for hydroxylation is 2. The number of hydrogen-bond acceptors (Lipinski definition) is 3. The maximum Gasteiger partial charge on any atom is 0.247 e. The normalized spacial score (nSPS) is 11.8. The first-order chi connectivity index (χ1) is 12.0. The zero-order valence-electron chi connectivity index (χ0n) is 14.3. The van der Waals surface area contributed by atoms with Crippen LogP contribution in [0, 0.1) is 6.92 Å². The molecule has 25 heavy (non-hydrogen) atoms. The van der Waals surface area contributed by atoms with Crippen LogP contribution in [-0.2, 0) is 30.2 Å². The lowest BCUT2D eigenvalue weighted by molar-refractivity contribution is 0.401. The van der Waals surface area contributed by atoms with Crippen molar-refractivity contribution in [2.75, 3.05) is 0 Å². The standard InChI is InChI=1S/C19H21N3O2S/c1-16-19(15-21(2)20-16)25(23,24)22(13-17-9-5-3-6-10-17)14-18-11-7-4-8-12-18/h3-12,15H,13-14H2,1-2H3. The average molecular weight is 355 g/mol. The Kier molecular flexibility index (Phi) is 5.01. The molecule has 2 aromatic carbocycles. The van der Waals surface area contributed by atoms with E-state index in [2.05, 4.69) is 5.10 Å². The Bertz CT molecular complexity index is 894. The minimum absolute atomic E-state index is 0.252. The van der Waals surface area contributed by atoms with E-state index in [4.69, 9.17) is 0 Å². The first-order valence-electron chi connectivity index (χ1n) is 8.05. The summed E-state index contributed by atoms with van der Waals surface area (Å²) in [6.07, 6.45) is 1.56. The summed E-state index contributed by atoms with van der Waals surface area (Å²) >= 11 is 0. The van der Waals surface area contributed by atoms with Crippen LogP contribution in [0.1, 0.15) is 16.8 Å². The minimum atomic E-state index is -3.66. The molecule has 0 N–H and O–H groups in total. The van der Waals surface area contributed by atoms with Crippen LogP contribution in [0.25, 0.3) is 0 Å². The molecule has 3 rings (SSSR count). The lowest BCUT2D eigenvalue weighted by atomic mass is 10.2. The van der Waals surface area contributed by atoms with Crippen molar-refractivity contribution in [2.45, 2.75) is 24.9 Å². The lowest BCUT2D eigenvalue weighted by Crippen LogP contribution is -2.30. The Morgan fingerprint density at radius 3 is 1.80 bits per heavy atom. The van der Waals surface area contributed by atoms with Gasteiger partial charge in [-0.05, 0) is 18.1 Å². The van der Waals surface area contributed by atoms with E-state index in [0.717, 1.165) is 11.1 Å². The smallest absolute Gasteiger partial charge is 0.247 e. The fourth-order valence-corrected chi connectivity index (χ4v) is 4.39. The number of hydrogen-bond donors (Lipinski definition) is 0. The third-order valence-electron chi connectivity index (χ3n) is 3.99. The van der Waals surface area contributed by atoms with E-state index in [1.807, 2.05) is 60.7 Å². The number of benzene rings is 2. The monoisotopic (exact) mass is 355 g/mol. The molecule has 3 aromatic rings. The van der Waals surface area contributed by atoms with Crippen LogP contribution in [0.2, 0.25) is 0 Å². The van der Waals surface area contributed by atoms with Crippen molar-refractivity contribution in [3.8, 4) is 0 Å². The molecule has 0 aliphatic carbocycles. The highest BCUT2D eigenvalue weighted by atomic mass is 32.2. The van der Waals surface area contributed by atoms with Crippen LogP contribution in [0.4, 0.5) is 0 Å². The summed E-state index contributed by atoms with van der Waals surface area (Å²) < 4.78 is 29.5. The van der Waals surface area contributed by atoms with Crippen LogP contribution >= 0.6 is 0 Å². The minimum Gasteiger partial charge on any atom is -0.274 e. The molecule has 0 aliphatic heterocycles. The molecule has 0 unspecified atom stereocenters. The summed E-state index contributed by atoms with van der Waals surface area (Å²) in [6, 6.07) is 19.2. The number of nitrogens with zero attached hydrogens (tertiary/aromatic N) is 3. The molecule has 0 bridgehead atoms. The fraction of sp³-hybridized carbons (Fsp3) is 0.211. The Morgan fingerprint density at radius 1 is 0.920 bits per heavy atom. The highest BCUT2D eigenvalue weighted by Gasteiger charge is 2.28. The largest absolute Gasteiger partial charge is 0.274 e. The zero-order valence-corrected chi connectivity index (χ0v) is 15.1. The van der Waals surface area contributed by atoms with E-state index in [-0.39, 0.29) is 4.90 Å². The van der Waals surface area contributed by atoms with Crippen LogP contribution in [0.3, 0.4) is 0 Å². The van der Waals surface area contributed by atoms with Crippen molar-refractivity contribution in [1.82, 2.24) is 14.1 Å². The average Bonchev–Trinajstić information content (AvgIpc) is 2.95. The molecular weight excluding hydrogens is 334 g/mol. The van der Waals surface area contributed by atoms with Crippen LogP contribution in [0.5, 0.6) is 0 Å². The van der Waals surface area contributed by atoms with Crippen molar-refractivity contribution in [3.05, 3.63) is 83.7 Å². The van der Waals surface area contributed by atoms with Gasteiger partial charge in [0.1, 0.15) is 4.90 Å². The highest BCUT2D eigenvalue weighted by molar-refractivity contribution is 7.89. The Morgan fingerprint density at radius 2 is 1.40 bits per heavy atom. The third-order valence-corrected chi connectivity index (χ3v) is 5.88. The Balaban J connectivity index is 1.99. The fourth-order valence-electron chi connectivity index (χ4n) is 2.77. The summed E-state index contributed by atoms with van der Waals surface area (Å²) in [4.78, 5) is 0.252. The molecule has 0 atom stereocenters. The van der Waals surface area contributed by atoms with E-state index in [1.54, 1.807) is 20.2 Å². The molecule has 0 amide bonds. The summed E-state index contributed by atoms with van der Waals surface area (Å²) in [7, 11) is -1.93. The molecule has 6 heteroatoms. The van der Waals surface area contributed by atoms with Gasteiger partial charge >= 0.3 is 0 Å². The van der Waals surface area contributed by atoms with Crippen molar-refractivity contribution < 1.29 is 8.42 Å². The Hall–Kier alpha value is -2.44. The van der Waals surface area contributed by atoms with Gasteiger partial charge in [-0.25, -0.2) is 8.42 Å². The molecule has 1 aromatic heterocycles. The predicted octanol–water partition coefficient (Wildman–Crippen LogP) is 3.12. The highest BCUT2D eigenvalue weighted by Crippen LogP contribution is 2.23. The molecular formula is C19H21N3O2S. The quantitative estimate of drug-likeness (QED) is 0.683. The molecule has 0 radical (unpaired) electrons. The lowest BCUT2D eigenvalue weighted by Gasteiger charge is -2.22. The second-order valence-corrected chi connectivity index (χ2v) is 7.90. The second kappa shape index (κ2) is 7.21. The molecule has 0 aliphatic rings. The van der Waals surface area contributed by atoms with Gasteiger partial charge in [0.05, 0.1) is 5.69 Å². The number of rotatable bonds is 6. The topological polar surface area (TPSA) is 55.2 Å². The molecule has 0 spiro atoms.